The fourth-order valence-corrected chi connectivity index (χ4v) is 0. The van der Waals surface area contributed by atoms with Gasteiger partial charge in [0.15, 0.2) is 0 Å². The average molecular weight is 74.0 g/mol. The second kappa shape index (κ2) is 17.2. The van der Waals surface area contributed by atoms with Crippen molar-refractivity contribution in [1.82, 2.24) is 0 Å². The third-order valence-electron chi connectivity index (χ3n) is 0.167. The first-order valence-corrected chi connectivity index (χ1v) is 1.05. The van der Waals surface area contributed by atoms with Crippen LogP contribution >= 0.6 is 0 Å². The summed E-state index contributed by atoms with van der Waals surface area (Å²) in [5.74, 6) is 0. The Hall–Kier alpha value is 0.735. The number of ether oxygens (including phenoxy) is 1. The van der Waals surface area contributed by atoms with Gasteiger partial charge in [0.25, 0.3) is 0 Å². The summed E-state index contributed by atoms with van der Waals surface area (Å²) in [4.78, 5) is 0. The second-order valence-corrected chi connectivity index (χ2v) is 0.402. The normalized spacial score (nSPS) is 3.50. The van der Waals surface area contributed by atoms with E-state index in [4.69, 9.17) is 0 Å². The quantitative estimate of drug-likeness (QED) is 0.300. The molecule has 0 heterocycles. The van der Waals surface area contributed by atoms with Crippen LogP contribution in [0.15, 0.2) is 12.8 Å². The zero-order valence-corrected chi connectivity index (χ0v) is 2.69. The molecule has 0 fully saturated rings. The molecule has 0 bridgehead atoms. The van der Waals surface area contributed by atoms with Crippen molar-refractivity contribution in [3.05, 3.63) is 12.8 Å². The molecule has 0 aliphatic rings. The third-order valence-corrected chi connectivity index (χ3v) is 0.167. The maximum atomic E-state index is 4.31. The van der Waals surface area contributed by atoms with E-state index in [0.29, 0.717) is 0 Å². The van der Waals surface area contributed by atoms with Gasteiger partial charge in [-0.2, -0.15) is 0 Å². The van der Waals surface area contributed by atoms with Crippen molar-refractivity contribution in [2.75, 3.05) is 7.11 Å². The van der Waals surface area contributed by atoms with Crippen LogP contribution in [-0.2, 0) is 4.74 Å². The topological polar surface area (TPSA) is 9.23 Å². The Morgan fingerprint density at radius 1 is 1.50 bits per heavy atom. The SMILES string of the molecule is C=COC.[LiH].[LiH]. The van der Waals surface area contributed by atoms with Crippen LogP contribution in [-0.4, -0.2) is 44.8 Å². The van der Waals surface area contributed by atoms with E-state index < -0.39 is 0 Å². The van der Waals surface area contributed by atoms with Crippen molar-refractivity contribution >= 4 is 37.7 Å². The maximum absolute atomic E-state index is 4.31. The number of methoxy groups -OCH3 is 1. The van der Waals surface area contributed by atoms with E-state index in [1.54, 1.807) is 7.11 Å². The van der Waals surface area contributed by atoms with Gasteiger partial charge in [-0.05, 0) is 0 Å². The summed E-state index contributed by atoms with van der Waals surface area (Å²) in [6, 6.07) is 0. The van der Waals surface area contributed by atoms with Crippen molar-refractivity contribution in [2.24, 2.45) is 0 Å². The predicted octanol–water partition coefficient (Wildman–Crippen LogP) is -0.521. The van der Waals surface area contributed by atoms with E-state index in [-0.39, 0.29) is 37.7 Å². The first-order chi connectivity index (χ1) is 1.91. The summed E-state index contributed by atoms with van der Waals surface area (Å²) in [6.07, 6.45) is 1.38. The Labute approximate surface area is 62.5 Å². The number of rotatable bonds is 1. The van der Waals surface area contributed by atoms with Gasteiger partial charge in [0.1, 0.15) is 0 Å². The van der Waals surface area contributed by atoms with Gasteiger partial charge in [0, 0.05) is 0 Å². The van der Waals surface area contributed by atoms with Crippen LogP contribution in [0.3, 0.4) is 0 Å². The molecule has 0 unspecified atom stereocenters. The summed E-state index contributed by atoms with van der Waals surface area (Å²) in [5, 5.41) is 0. The van der Waals surface area contributed by atoms with Gasteiger partial charge in [-0.3, -0.25) is 0 Å². The van der Waals surface area contributed by atoms with Crippen molar-refractivity contribution in [2.45, 2.75) is 0 Å². The monoisotopic (exact) mass is 74.1 g/mol. The molecule has 3 heteroatoms. The van der Waals surface area contributed by atoms with Crippen LogP contribution in [0.4, 0.5) is 0 Å². The molecule has 0 aromatic heterocycles. The minimum atomic E-state index is 0. The predicted molar refractivity (Wildman–Crippen MR) is 31.5 cm³/mol. The van der Waals surface area contributed by atoms with Crippen molar-refractivity contribution in [3.63, 3.8) is 0 Å². The van der Waals surface area contributed by atoms with Gasteiger partial charge in [0.2, 0.25) is 0 Å². The van der Waals surface area contributed by atoms with Crippen LogP contribution in [0.25, 0.3) is 0 Å². The van der Waals surface area contributed by atoms with Crippen molar-refractivity contribution in [3.8, 4) is 0 Å². The molecule has 0 aromatic rings. The molecule has 0 aliphatic carbocycles. The number of hydrogen-bond donors (Lipinski definition) is 0. The summed E-state index contributed by atoms with van der Waals surface area (Å²) >= 11 is 0. The molecule has 1 nitrogen and oxygen atoms in total. The van der Waals surface area contributed by atoms with Crippen LogP contribution in [0.1, 0.15) is 0 Å². The first-order valence-electron chi connectivity index (χ1n) is 1.05. The molecule has 0 spiro atoms. The Balaban J connectivity index is -0.0000000450. The Morgan fingerprint density at radius 3 is 1.67 bits per heavy atom. The zero-order valence-electron chi connectivity index (χ0n) is 2.69. The van der Waals surface area contributed by atoms with Crippen LogP contribution < -0.4 is 0 Å². The standard InChI is InChI=1S/C3H6O.2Li.2H/c1-3-4-2;;;;/h3H,1H2,2H3;;;;. The molecule has 6 heavy (non-hydrogen) atoms. The van der Waals surface area contributed by atoms with Crippen LogP contribution in [0, 0.1) is 0 Å². The third kappa shape index (κ3) is 21.9. The van der Waals surface area contributed by atoms with E-state index in [2.05, 4.69) is 11.3 Å². The second-order valence-electron chi connectivity index (χ2n) is 0.402. The van der Waals surface area contributed by atoms with E-state index in [0.717, 1.165) is 0 Å². The molecule has 0 atom stereocenters. The van der Waals surface area contributed by atoms with Gasteiger partial charge in [0.05, 0.1) is 13.4 Å². The van der Waals surface area contributed by atoms with Gasteiger partial charge in [-0.25, -0.2) is 0 Å². The molecule has 0 amide bonds. The molecule has 0 aliphatic heterocycles. The molecule has 0 saturated carbocycles. The van der Waals surface area contributed by atoms with Crippen molar-refractivity contribution < 1.29 is 4.74 Å². The first kappa shape index (κ1) is 15.9. The molecule has 0 saturated heterocycles. The van der Waals surface area contributed by atoms with E-state index in [1.165, 1.54) is 6.26 Å². The summed E-state index contributed by atoms with van der Waals surface area (Å²) in [6.45, 7) is 3.26. The Morgan fingerprint density at radius 2 is 1.67 bits per heavy atom. The molecule has 28 valence electrons. The fraction of sp³-hybridized carbons (Fsp3) is 0.333. The van der Waals surface area contributed by atoms with Crippen molar-refractivity contribution in [1.29, 1.82) is 0 Å². The zero-order chi connectivity index (χ0) is 3.41. The fourth-order valence-electron chi connectivity index (χ4n) is 0. The number of hydrogen-bond acceptors (Lipinski definition) is 1. The summed E-state index contributed by atoms with van der Waals surface area (Å²) in [7, 11) is 1.56. The van der Waals surface area contributed by atoms with Gasteiger partial charge >= 0.3 is 37.7 Å². The van der Waals surface area contributed by atoms with Gasteiger partial charge in [-0.15, -0.1) is 0 Å². The summed E-state index contributed by atoms with van der Waals surface area (Å²) in [5.41, 5.74) is 0. The van der Waals surface area contributed by atoms with Gasteiger partial charge in [-0.1, -0.05) is 6.58 Å². The molecule has 0 radical (unpaired) electrons. The molecular weight excluding hydrogens is 65.9 g/mol. The molecule has 0 N–H and O–H groups in total. The molecule has 0 rings (SSSR count). The Bertz CT molecular complexity index is 22.8. The minimum absolute atomic E-state index is 0. The van der Waals surface area contributed by atoms with Crippen LogP contribution in [0.2, 0.25) is 0 Å². The molecule has 0 aromatic carbocycles. The van der Waals surface area contributed by atoms with Gasteiger partial charge < -0.3 is 4.74 Å². The Kier molecular flexibility index (Phi) is 45.5. The molecular formula is C3H8Li2O. The van der Waals surface area contributed by atoms with Crippen LogP contribution in [0.5, 0.6) is 0 Å². The summed E-state index contributed by atoms with van der Waals surface area (Å²) < 4.78 is 4.31. The van der Waals surface area contributed by atoms with E-state index in [9.17, 15) is 0 Å². The van der Waals surface area contributed by atoms with E-state index >= 15 is 0 Å². The van der Waals surface area contributed by atoms with E-state index in [1.807, 2.05) is 0 Å². The average Bonchev–Trinajstić information content (AvgIpc) is 1.37.